The second kappa shape index (κ2) is 8.37. The first-order valence-electron chi connectivity index (χ1n) is 7.71. The Balaban J connectivity index is 2.16. The minimum Gasteiger partial charge on any atom is -0.325 e. The second-order valence-corrected chi connectivity index (χ2v) is 5.00. The van der Waals surface area contributed by atoms with Crippen molar-refractivity contribution in [2.75, 3.05) is 18.0 Å². The van der Waals surface area contributed by atoms with Crippen molar-refractivity contribution in [1.29, 1.82) is 0 Å². The summed E-state index contributed by atoms with van der Waals surface area (Å²) in [6.07, 6.45) is 2.30. The Morgan fingerprint density at radius 2 is 1.81 bits per heavy atom. The van der Waals surface area contributed by atoms with Crippen LogP contribution in [0.4, 0.5) is 11.5 Å². The molecular formula is C17H24N4. The highest BCUT2D eigenvalue weighted by Gasteiger charge is 2.10. The smallest absolute Gasteiger partial charge is 0.155 e. The molecule has 21 heavy (non-hydrogen) atoms. The van der Waals surface area contributed by atoms with E-state index in [1.165, 1.54) is 5.69 Å². The summed E-state index contributed by atoms with van der Waals surface area (Å²) in [4.78, 5) is 2.23. The molecule has 4 nitrogen and oxygen atoms in total. The van der Waals surface area contributed by atoms with Crippen LogP contribution in [0.15, 0.2) is 42.5 Å². The van der Waals surface area contributed by atoms with Gasteiger partial charge >= 0.3 is 0 Å². The summed E-state index contributed by atoms with van der Waals surface area (Å²) in [6, 6.07) is 14.5. The molecular weight excluding hydrogens is 260 g/mol. The summed E-state index contributed by atoms with van der Waals surface area (Å²) in [6.45, 7) is 6.96. The third-order valence-corrected chi connectivity index (χ3v) is 3.34. The molecule has 0 radical (unpaired) electrons. The molecule has 0 unspecified atom stereocenters. The first-order valence-corrected chi connectivity index (χ1v) is 7.71. The molecule has 1 aromatic heterocycles. The van der Waals surface area contributed by atoms with E-state index in [0.717, 1.165) is 44.0 Å². The van der Waals surface area contributed by atoms with Crippen LogP contribution in [-0.2, 0) is 6.54 Å². The first kappa shape index (κ1) is 15.4. The fourth-order valence-corrected chi connectivity index (χ4v) is 2.14. The van der Waals surface area contributed by atoms with Crippen LogP contribution in [0, 0.1) is 0 Å². The minimum absolute atomic E-state index is 0.768. The minimum atomic E-state index is 0.768. The molecule has 4 heteroatoms. The van der Waals surface area contributed by atoms with Crippen molar-refractivity contribution in [3.05, 3.63) is 48.2 Å². The zero-order valence-corrected chi connectivity index (χ0v) is 12.9. The van der Waals surface area contributed by atoms with E-state index in [-0.39, 0.29) is 0 Å². The zero-order valence-electron chi connectivity index (χ0n) is 12.9. The van der Waals surface area contributed by atoms with Crippen LogP contribution in [0.2, 0.25) is 0 Å². The lowest BCUT2D eigenvalue weighted by atomic mass is 10.2. The Kier molecular flexibility index (Phi) is 6.16. The molecule has 1 N–H and O–H groups in total. The van der Waals surface area contributed by atoms with E-state index >= 15 is 0 Å². The van der Waals surface area contributed by atoms with Crippen LogP contribution in [0.25, 0.3) is 0 Å². The van der Waals surface area contributed by atoms with E-state index in [0.29, 0.717) is 0 Å². The molecule has 0 amide bonds. The standard InChI is InChI=1S/C17H24N4/c1-3-5-13-21(16-9-7-6-8-10-16)17-12-11-15(19-20-17)14-18-4-2/h6-12,18H,3-5,13-14H2,1-2H3. The highest BCUT2D eigenvalue weighted by atomic mass is 15.3. The van der Waals surface area contributed by atoms with Gasteiger partial charge in [-0.2, -0.15) is 5.10 Å². The number of rotatable bonds is 8. The van der Waals surface area contributed by atoms with Crippen LogP contribution < -0.4 is 10.2 Å². The molecule has 2 aromatic rings. The predicted octanol–water partition coefficient (Wildman–Crippen LogP) is 3.52. The molecule has 112 valence electrons. The highest BCUT2D eigenvalue weighted by Crippen LogP contribution is 2.23. The second-order valence-electron chi connectivity index (χ2n) is 5.00. The van der Waals surface area contributed by atoms with Gasteiger partial charge in [-0.3, -0.25) is 0 Å². The van der Waals surface area contributed by atoms with Gasteiger partial charge in [0.15, 0.2) is 5.82 Å². The Hall–Kier alpha value is -1.94. The number of nitrogens with one attached hydrogen (secondary N) is 1. The fourth-order valence-electron chi connectivity index (χ4n) is 2.14. The van der Waals surface area contributed by atoms with Gasteiger partial charge in [-0.15, -0.1) is 5.10 Å². The van der Waals surface area contributed by atoms with E-state index in [2.05, 4.69) is 64.6 Å². The Morgan fingerprint density at radius 3 is 2.43 bits per heavy atom. The van der Waals surface area contributed by atoms with Crippen molar-refractivity contribution < 1.29 is 0 Å². The molecule has 0 bridgehead atoms. The quantitative estimate of drug-likeness (QED) is 0.805. The van der Waals surface area contributed by atoms with Crippen molar-refractivity contribution in [1.82, 2.24) is 15.5 Å². The lowest BCUT2D eigenvalue weighted by Gasteiger charge is -2.23. The van der Waals surface area contributed by atoms with Crippen LogP contribution in [0.1, 0.15) is 32.4 Å². The molecule has 0 saturated carbocycles. The SMILES string of the molecule is CCCCN(c1ccccc1)c1ccc(CNCC)nn1. The third-order valence-electron chi connectivity index (χ3n) is 3.34. The molecule has 0 saturated heterocycles. The fraction of sp³-hybridized carbons (Fsp3) is 0.412. The van der Waals surface area contributed by atoms with E-state index in [1.807, 2.05) is 12.1 Å². The maximum atomic E-state index is 4.40. The van der Waals surface area contributed by atoms with Crippen LogP contribution in [0.3, 0.4) is 0 Å². The van der Waals surface area contributed by atoms with Gasteiger partial charge < -0.3 is 10.2 Å². The maximum Gasteiger partial charge on any atom is 0.155 e. The lowest BCUT2D eigenvalue weighted by molar-refractivity contribution is 0.695. The average molecular weight is 284 g/mol. The molecule has 0 aliphatic heterocycles. The summed E-state index contributed by atoms with van der Waals surface area (Å²) in [5.74, 6) is 0.912. The Bertz CT molecular complexity index is 510. The summed E-state index contributed by atoms with van der Waals surface area (Å²) in [7, 11) is 0. The third kappa shape index (κ3) is 4.53. The number of unbranched alkanes of at least 4 members (excludes halogenated alkanes) is 1. The van der Waals surface area contributed by atoms with Gasteiger partial charge in [0, 0.05) is 18.8 Å². The van der Waals surface area contributed by atoms with Crippen LogP contribution in [-0.4, -0.2) is 23.3 Å². The number of benzene rings is 1. The largest absolute Gasteiger partial charge is 0.325 e. The van der Waals surface area contributed by atoms with Crippen molar-refractivity contribution in [3.63, 3.8) is 0 Å². The van der Waals surface area contributed by atoms with Crippen molar-refractivity contribution in [2.45, 2.75) is 33.2 Å². The highest BCUT2D eigenvalue weighted by molar-refractivity contribution is 5.59. The Labute approximate surface area is 127 Å². The van der Waals surface area contributed by atoms with Gasteiger partial charge in [0.2, 0.25) is 0 Å². The molecule has 2 rings (SSSR count). The number of hydrogen-bond acceptors (Lipinski definition) is 4. The predicted molar refractivity (Wildman–Crippen MR) is 87.8 cm³/mol. The van der Waals surface area contributed by atoms with Gasteiger partial charge in [-0.05, 0) is 37.2 Å². The van der Waals surface area contributed by atoms with Gasteiger partial charge in [-0.1, -0.05) is 38.5 Å². The molecule has 0 fully saturated rings. The zero-order chi connectivity index (χ0) is 14.9. The van der Waals surface area contributed by atoms with Gasteiger partial charge in [0.25, 0.3) is 0 Å². The van der Waals surface area contributed by atoms with Gasteiger partial charge in [0.1, 0.15) is 0 Å². The van der Waals surface area contributed by atoms with Gasteiger partial charge in [0.05, 0.1) is 5.69 Å². The normalized spacial score (nSPS) is 10.6. The maximum absolute atomic E-state index is 4.40. The van der Waals surface area contributed by atoms with Gasteiger partial charge in [-0.25, -0.2) is 0 Å². The van der Waals surface area contributed by atoms with Crippen LogP contribution >= 0.6 is 0 Å². The number of para-hydroxylation sites is 1. The van der Waals surface area contributed by atoms with E-state index in [1.54, 1.807) is 0 Å². The molecule has 0 atom stereocenters. The molecule has 0 spiro atoms. The van der Waals surface area contributed by atoms with Crippen LogP contribution in [0.5, 0.6) is 0 Å². The number of anilines is 2. The molecule has 1 heterocycles. The van der Waals surface area contributed by atoms with Crippen molar-refractivity contribution in [2.24, 2.45) is 0 Å². The summed E-state index contributed by atoms with van der Waals surface area (Å²) in [5.41, 5.74) is 2.14. The summed E-state index contributed by atoms with van der Waals surface area (Å²) < 4.78 is 0. The monoisotopic (exact) mass is 284 g/mol. The first-order chi connectivity index (χ1) is 10.3. The molecule has 0 aliphatic carbocycles. The Morgan fingerprint density at radius 1 is 1.00 bits per heavy atom. The van der Waals surface area contributed by atoms with E-state index in [9.17, 15) is 0 Å². The topological polar surface area (TPSA) is 41.0 Å². The number of hydrogen-bond donors (Lipinski definition) is 1. The molecule has 0 aliphatic rings. The van der Waals surface area contributed by atoms with E-state index in [4.69, 9.17) is 0 Å². The summed E-state index contributed by atoms with van der Waals surface area (Å²) in [5, 5.41) is 12.0. The average Bonchev–Trinajstić information content (AvgIpc) is 2.55. The molecule has 1 aromatic carbocycles. The lowest BCUT2D eigenvalue weighted by Crippen LogP contribution is -2.20. The van der Waals surface area contributed by atoms with E-state index < -0.39 is 0 Å². The summed E-state index contributed by atoms with van der Waals surface area (Å²) >= 11 is 0. The number of nitrogens with zero attached hydrogens (tertiary/aromatic N) is 3. The van der Waals surface area contributed by atoms with Crippen molar-refractivity contribution in [3.8, 4) is 0 Å². The van der Waals surface area contributed by atoms with Crippen molar-refractivity contribution >= 4 is 11.5 Å². The number of aromatic nitrogens is 2.